The summed E-state index contributed by atoms with van der Waals surface area (Å²) in [6.45, 7) is 6.42. The van der Waals surface area contributed by atoms with Gasteiger partial charge < -0.3 is 10.2 Å². The van der Waals surface area contributed by atoms with Crippen LogP contribution in [0.25, 0.3) is 0 Å². The van der Waals surface area contributed by atoms with Gasteiger partial charge in [0, 0.05) is 18.8 Å². The summed E-state index contributed by atoms with van der Waals surface area (Å²) in [7, 11) is -4.22. The van der Waals surface area contributed by atoms with Crippen LogP contribution in [-0.4, -0.2) is 49.8 Å². The van der Waals surface area contributed by atoms with Gasteiger partial charge in [-0.3, -0.25) is 4.79 Å². The van der Waals surface area contributed by atoms with E-state index in [1.54, 1.807) is 27.7 Å². The van der Waals surface area contributed by atoms with Crippen molar-refractivity contribution in [3.05, 3.63) is 29.1 Å². The highest BCUT2D eigenvalue weighted by molar-refractivity contribution is 7.90. The Morgan fingerprint density at radius 1 is 1.03 bits per heavy atom. The number of anilines is 1. The maximum Gasteiger partial charge on any atom is 0.471 e. The molecule has 1 aromatic rings. The summed E-state index contributed by atoms with van der Waals surface area (Å²) in [4.78, 5) is 24.4. The fourth-order valence-corrected chi connectivity index (χ4v) is 4.91. The molecular formula is C20H27F4N3O4S. The van der Waals surface area contributed by atoms with E-state index in [0.29, 0.717) is 21.7 Å². The number of rotatable bonds is 5. The molecule has 0 radical (unpaired) electrons. The molecule has 32 heavy (non-hydrogen) atoms. The van der Waals surface area contributed by atoms with E-state index in [1.165, 1.54) is 12.1 Å². The average Bonchev–Trinajstić information content (AvgIpc) is 2.67. The molecule has 1 aliphatic rings. The maximum absolute atomic E-state index is 14.0. The lowest BCUT2D eigenvalue weighted by molar-refractivity contribution is -0.186. The standard InChI is InChI=1S/C20H27F4N3O4S/c1-11(2)15-9-13(21)10-16(12(3)4)17(15)25-19(29)26-32(30,31)14-5-7-27(8-6-14)18(28)20(22,23)24/h9-12,14H,5-8H2,1-4H3,(H2,25,26,29). The second-order valence-corrected chi connectivity index (χ2v) is 10.3. The van der Waals surface area contributed by atoms with Gasteiger partial charge in [-0.1, -0.05) is 27.7 Å². The number of nitrogens with one attached hydrogen (secondary N) is 2. The van der Waals surface area contributed by atoms with Crippen molar-refractivity contribution < 1.29 is 35.6 Å². The minimum absolute atomic E-state index is 0.161. The number of halogens is 4. The van der Waals surface area contributed by atoms with Crippen molar-refractivity contribution in [2.75, 3.05) is 18.4 Å². The lowest BCUT2D eigenvalue weighted by Crippen LogP contribution is -2.50. The van der Waals surface area contributed by atoms with Crippen LogP contribution in [0.1, 0.15) is 63.5 Å². The Hall–Kier alpha value is -2.37. The Labute approximate surface area is 184 Å². The topological polar surface area (TPSA) is 95.6 Å². The highest BCUT2D eigenvalue weighted by atomic mass is 32.2. The van der Waals surface area contributed by atoms with Crippen molar-refractivity contribution in [2.24, 2.45) is 0 Å². The fourth-order valence-electron chi connectivity index (χ4n) is 3.60. The molecule has 0 saturated carbocycles. The third-order valence-electron chi connectivity index (χ3n) is 5.29. The molecule has 0 unspecified atom stereocenters. The number of hydrogen-bond acceptors (Lipinski definition) is 4. The number of sulfonamides is 1. The number of carbonyl (C=O) groups is 2. The minimum Gasteiger partial charge on any atom is -0.335 e. The number of alkyl halides is 3. The van der Waals surface area contributed by atoms with Gasteiger partial charge in [-0.2, -0.15) is 13.2 Å². The molecule has 1 heterocycles. The molecule has 0 atom stereocenters. The molecule has 1 saturated heterocycles. The zero-order chi connectivity index (χ0) is 24.4. The van der Waals surface area contributed by atoms with E-state index in [9.17, 15) is 35.6 Å². The maximum atomic E-state index is 14.0. The van der Waals surface area contributed by atoms with Gasteiger partial charge in [0.25, 0.3) is 0 Å². The lowest BCUT2D eigenvalue weighted by atomic mass is 9.92. The van der Waals surface area contributed by atoms with Crippen molar-refractivity contribution in [1.82, 2.24) is 9.62 Å². The Morgan fingerprint density at radius 3 is 1.91 bits per heavy atom. The van der Waals surface area contributed by atoms with Gasteiger partial charge in [-0.25, -0.2) is 22.3 Å². The van der Waals surface area contributed by atoms with Gasteiger partial charge in [0.05, 0.1) is 5.25 Å². The second-order valence-electron chi connectivity index (χ2n) is 8.36. The molecule has 0 spiro atoms. The van der Waals surface area contributed by atoms with E-state index in [1.807, 2.05) is 4.72 Å². The number of benzene rings is 1. The molecule has 3 amide bonds. The predicted molar refractivity (Wildman–Crippen MR) is 111 cm³/mol. The van der Waals surface area contributed by atoms with E-state index >= 15 is 0 Å². The minimum atomic E-state index is -5.03. The summed E-state index contributed by atoms with van der Waals surface area (Å²) in [5.41, 5.74) is 1.31. The molecule has 12 heteroatoms. The fraction of sp³-hybridized carbons (Fsp3) is 0.600. The number of urea groups is 1. The first-order valence-corrected chi connectivity index (χ1v) is 11.7. The molecule has 180 valence electrons. The zero-order valence-electron chi connectivity index (χ0n) is 18.2. The van der Waals surface area contributed by atoms with Crippen molar-refractivity contribution in [3.63, 3.8) is 0 Å². The Kier molecular flexibility index (Phi) is 7.79. The van der Waals surface area contributed by atoms with Gasteiger partial charge in [-0.15, -0.1) is 0 Å². The Bertz CT molecular complexity index is 941. The summed E-state index contributed by atoms with van der Waals surface area (Å²) in [6, 6.07) is 1.50. The first-order valence-electron chi connectivity index (χ1n) is 10.2. The summed E-state index contributed by atoms with van der Waals surface area (Å²) >= 11 is 0. The van der Waals surface area contributed by atoms with E-state index in [0.717, 1.165) is 0 Å². The van der Waals surface area contributed by atoms with Crippen LogP contribution in [0.15, 0.2) is 12.1 Å². The SMILES string of the molecule is CC(C)c1cc(F)cc(C(C)C)c1NC(=O)NS(=O)(=O)C1CCN(C(=O)C(F)(F)F)CC1. The Balaban J connectivity index is 2.13. The molecule has 0 aliphatic carbocycles. The van der Waals surface area contributed by atoms with Crippen LogP contribution < -0.4 is 10.0 Å². The third-order valence-corrected chi connectivity index (χ3v) is 7.11. The van der Waals surface area contributed by atoms with E-state index in [-0.39, 0.29) is 24.7 Å². The van der Waals surface area contributed by atoms with Gasteiger partial charge >= 0.3 is 18.1 Å². The number of carbonyl (C=O) groups excluding carboxylic acids is 2. The third kappa shape index (κ3) is 6.11. The van der Waals surface area contributed by atoms with Crippen LogP contribution in [0.3, 0.4) is 0 Å². The van der Waals surface area contributed by atoms with Crippen LogP contribution in [0.4, 0.5) is 28.0 Å². The van der Waals surface area contributed by atoms with Crippen molar-refractivity contribution in [3.8, 4) is 0 Å². The van der Waals surface area contributed by atoms with Gasteiger partial charge in [0.15, 0.2) is 0 Å². The van der Waals surface area contributed by atoms with Gasteiger partial charge in [-0.05, 0) is 47.9 Å². The molecular weight excluding hydrogens is 454 g/mol. The highest BCUT2D eigenvalue weighted by Gasteiger charge is 2.44. The number of likely N-dealkylation sites (tertiary alicyclic amines) is 1. The van der Waals surface area contributed by atoms with Crippen LogP contribution in [0.5, 0.6) is 0 Å². The quantitative estimate of drug-likeness (QED) is 0.620. The summed E-state index contributed by atoms with van der Waals surface area (Å²) in [5.74, 6) is -2.81. The van der Waals surface area contributed by atoms with Crippen LogP contribution in [0, 0.1) is 5.82 Å². The molecule has 1 fully saturated rings. The molecule has 0 aromatic heterocycles. The smallest absolute Gasteiger partial charge is 0.335 e. The first-order chi connectivity index (χ1) is 14.6. The van der Waals surface area contributed by atoms with E-state index in [4.69, 9.17) is 0 Å². The van der Waals surface area contributed by atoms with E-state index < -0.39 is 52.3 Å². The zero-order valence-corrected chi connectivity index (χ0v) is 19.0. The largest absolute Gasteiger partial charge is 0.471 e. The second kappa shape index (κ2) is 9.63. The normalized spacial score (nSPS) is 15.9. The number of piperidine rings is 1. The van der Waals surface area contributed by atoms with Crippen LogP contribution in [0.2, 0.25) is 0 Å². The molecule has 7 nitrogen and oxygen atoms in total. The lowest BCUT2D eigenvalue weighted by Gasteiger charge is -2.32. The monoisotopic (exact) mass is 481 g/mol. The van der Waals surface area contributed by atoms with E-state index in [2.05, 4.69) is 5.32 Å². The molecule has 1 aliphatic heterocycles. The summed E-state index contributed by atoms with van der Waals surface area (Å²) in [6.07, 6.45) is -5.51. The van der Waals surface area contributed by atoms with Crippen molar-refractivity contribution in [1.29, 1.82) is 0 Å². The average molecular weight is 482 g/mol. The van der Waals surface area contributed by atoms with Crippen LogP contribution in [-0.2, 0) is 14.8 Å². The molecule has 2 N–H and O–H groups in total. The number of hydrogen-bond donors (Lipinski definition) is 2. The predicted octanol–water partition coefficient (Wildman–Crippen LogP) is 4.08. The van der Waals surface area contributed by atoms with Gasteiger partial charge in [0.2, 0.25) is 10.0 Å². The summed E-state index contributed by atoms with van der Waals surface area (Å²) in [5, 5.41) is 1.37. The number of nitrogens with zero attached hydrogens (tertiary/aromatic N) is 1. The molecule has 0 bridgehead atoms. The van der Waals surface area contributed by atoms with Crippen LogP contribution >= 0.6 is 0 Å². The Morgan fingerprint density at radius 2 is 1.50 bits per heavy atom. The van der Waals surface area contributed by atoms with Crippen molar-refractivity contribution >= 4 is 27.6 Å². The summed E-state index contributed by atoms with van der Waals surface area (Å²) < 4.78 is 78.8. The highest BCUT2D eigenvalue weighted by Crippen LogP contribution is 2.33. The molecule has 2 rings (SSSR count). The van der Waals surface area contributed by atoms with Gasteiger partial charge in [0.1, 0.15) is 5.82 Å². The first kappa shape index (κ1) is 25.9. The molecule has 1 aromatic carbocycles. The number of amides is 3. The van der Waals surface area contributed by atoms with Crippen molar-refractivity contribution in [2.45, 2.75) is 63.8 Å².